The van der Waals surface area contributed by atoms with Gasteiger partial charge in [-0.05, 0) is 60.7 Å². The lowest BCUT2D eigenvalue weighted by Crippen LogP contribution is -2.13. The van der Waals surface area contributed by atoms with E-state index in [-0.39, 0.29) is 5.78 Å². The van der Waals surface area contributed by atoms with Crippen LogP contribution in [0.4, 0.5) is 0 Å². The highest BCUT2D eigenvalue weighted by atomic mass is 35.5. The summed E-state index contributed by atoms with van der Waals surface area (Å²) in [6, 6.07) is 21.5. The van der Waals surface area contributed by atoms with E-state index in [9.17, 15) is 4.79 Å². The first kappa shape index (κ1) is 21.5. The number of rotatable bonds is 3. The second-order valence-electron chi connectivity index (χ2n) is 7.83. The first-order valence-electron chi connectivity index (χ1n) is 10.3. The Morgan fingerprint density at radius 2 is 1.41 bits per heavy atom. The molecule has 0 amide bonds. The molecule has 3 aromatic carbocycles. The van der Waals surface area contributed by atoms with Gasteiger partial charge in [-0.25, -0.2) is 4.98 Å². The number of carbonyl (C=O) groups excluding carboxylic acids is 1. The molecule has 0 bridgehead atoms. The molecular formula is C26H13Cl4N3O. The smallest absolute Gasteiger partial charge is 0.211 e. The predicted octanol–water partition coefficient (Wildman–Crippen LogP) is 8.25. The van der Waals surface area contributed by atoms with Crippen molar-refractivity contribution in [2.45, 2.75) is 0 Å². The standard InChI is InChI=1S/C26H13Cl4N3O/c27-16-7-3-14(4-8-16)23-24(25(34)15-5-9-17(28)10-6-15)32-11-1-2-21(32)26-31-20-12-18(29)19(30)13-22(20)33(23)26/h1-13H. The summed E-state index contributed by atoms with van der Waals surface area (Å²) in [6.07, 6.45) is 1.86. The topological polar surface area (TPSA) is 38.8 Å². The summed E-state index contributed by atoms with van der Waals surface area (Å²) in [5, 5.41) is 1.97. The average molecular weight is 525 g/mol. The normalized spacial score (nSPS) is 11.6. The summed E-state index contributed by atoms with van der Waals surface area (Å²) >= 11 is 25.0. The van der Waals surface area contributed by atoms with E-state index in [0.29, 0.717) is 48.2 Å². The van der Waals surface area contributed by atoms with Crippen molar-refractivity contribution in [3.63, 3.8) is 0 Å². The zero-order valence-electron chi connectivity index (χ0n) is 17.3. The van der Waals surface area contributed by atoms with Crippen molar-refractivity contribution in [1.29, 1.82) is 0 Å². The molecule has 0 aliphatic rings. The maximum Gasteiger partial charge on any atom is 0.211 e. The Hall–Kier alpha value is -3.02. The molecule has 6 aromatic rings. The van der Waals surface area contributed by atoms with Crippen molar-refractivity contribution in [2.75, 3.05) is 0 Å². The number of imidazole rings is 1. The van der Waals surface area contributed by atoms with Gasteiger partial charge in [0.2, 0.25) is 5.78 Å². The van der Waals surface area contributed by atoms with Crippen molar-refractivity contribution in [2.24, 2.45) is 0 Å². The fraction of sp³-hybridized carbons (Fsp3) is 0. The summed E-state index contributed by atoms with van der Waals surface area (Å²) in [5.74, 6) is -0.161. The minimum Gasteiger partial charge on any atom is -0.308 e. The van der Waals surface area contributed by atoms with Gasteiger partial charge in [0.15, 0.2) is 5.65 Å². The number of ketones is 1. The monoisotopic (exact) mass is 523 g/mol. The number of nitrogens with zero attached hydrogens (tertiary/aromatic N) is 3. The van der Waals surface area contributed by atoms with E-state index in [1.165, 1.54) is 0 Å². The molecule has 0 aliphatic carbocycles. The summed E-state index contributed by atoms with van der Waals surface area (Å²) in [4.78, 5) is 18.8. The molecule has 3 aromatic heterocycles. The van der Waals surface area contributed by atoms with Crippen LogP contribution in [0.15, 0.2) is 79.0 Å². The van der Waals surface area contributed by atoms with E-state index in [0.717, 1.165) is 16.6 Å². The fourth-order valence-electron chi connectivity index (χ4n) is 4.28. The second kappa shape index (κ2) is 8.03. The van der Waals surface area contributed by atoms with Gasteiger partial charge in [-0.15, -0.1) is 0 Å². The Labute approximate surface area is 213 Å². The van der Waals surface area contributed by atoms with Crippen LogP contribution in [0.2, 0.25) is 20.1 Å². The van der Waals surface area contributed by atoms with Crippen LogP contribution in [0.3, 0.4) is 0 Å². The molecule has 0 saturated carbocycles. The van der Waals surface area contributed by atoms with E-state index in [2.05, 4.69) is 0 Å². The van der Waals surface area contributed by atoms with Gasteiger partial charge >= 0.3 is 0 Å². The van der Waals surface area contributed by atoms with Crippen LogP contribution in [0, 0.1) is 0 Å². The molecule has 0 saturated heterocycles. The van der Waals surface area contributed by atoms with E-state index in [4.69, 9.17) is 51.4 Å². The molecule has 0 fully saturated rings. The second-order valence-corrected chi connectivity index (χ2v) is 9.52. The highest BCUT2D eigenvalue weighted by Gasteiger charge is 2.25. The van der Waals surface area contributed by atoms with Crippen molar-refractivity contribution >= 4 is 74.4 Å². The zero-order chi connectivity index (χ0) is 23.6. The summed E-state index contributed by atoms with van der Waals surface area (Å²) in [6.45, 7) is 0. The number of benzene rings is 3. The number of hydrogen-bond acceptors (Lipinski definition) is 2. The van der Waals surface area contributed by atoms with Crippen molar-refractivity contribution in [3.8, 4) is 11.3 Å². The van der Waals surface area contributed by atoms with Crippen LogP contribution in [-0.4, -0.2) is 19.6 Å². The maximum absolute atomic E-state index is 14.0. The number of aromatic nitrogens is 3. The SMILES string of the molecule is O=C(c1ccc(Cl)cc1)c1c(-c2ccc(Cl)cc2)n2c3cc(Cl)c(Cl)cc3nc2c2cccn12. The molecular weight excluding hydrogens is 512 g/mol. The van der Waals surface area contributed by atoms with E-state index in [1.807, 2.05) is 39.3 Å². The van der Waals surface area contributed by atoms with Crippen LogP contribution in [0.25, 0.3) is 33.5 Å². The zero-order valence-corrected chi connectivity index (χ0v) is 20.3. The van der Waals surface area contributed by atoms with Crippen LogP contribution in [0.5, 0.6) is 0 Å². The van der Waals surface area contributed by atoms with E-state index >= 15 is 0 Å². The van der Waals surface area contributed by atoms with Gasteiger partial charge in [-0.2, -0.15) is 0 Å². The third kappa shape index (κ3) is 3.29. The number of hydrogen-bond donors (Lipinski definition) is 0. The lowest BCUT2D eigenvalue weighted by atomic mass is 10.0. The van der Waals surface area contributed by atoms with Gasteiger partial charge in [-0.3, -0.25) is 9.20 Å². The molecule has 0 N–H and O–H groups in total. The first-order valence-corrected chi connectivity index (χ1v) is 11.8. The molecule has 0 atom stereocenters. The Balaban J connectivity index is 1.82. The van der Waals surface area contributed by atoms with Gasteiger partial charge in [0.1, 0.15) is 5.69 Å². The van der Waals surface area contributed by atoms with Gasteiger partial charge in [0, 0.05) is 27.4 Å². The maximum atomic E-state index is 14.0. The number of fused-ring (bicyclic) bond motifs is 5. The van der Waals surface area contributed by atoms with E-state index in [1.54, 1.807) is 48.5 Å². The fourth-order valence-corrected chi connectivity index (χ4v) is 4.85. The number of carbonyl (C=O) groups is 1. The third-order valence-electron chi connectivity index (χ3n) is 5.80. The average Bonchev–Trinajstić information content (AvgIpc) is 3.44. The lowest BCUT2D eigenvalue weighted by Gasteiger charge is -2.16. The van der Waals surface area contributed by atoms with Crippen LogP contribution >= 0.6 is 46.4 Å². The van der Waals surface area contributed by atoms with Crippen LogP contribution in [-0.2, 0) is 0 Å². The molecule has 0 unspecified atom stereocenters. The first-order chi connectivity index (χ1) is 16.4. The predicted molar refractivity (Wildman–Crippen MR) is 139 cm³/mol. The minimum absolute atomic E-state index is 0.161. The van der Waals surface area contributed by atoms with Crippen molar-refractivity contribution in [1.82, 2.24) is 13.8 Å². The van der Waals surface area contributed by atoms with Gasteiger partial charge in [-0.1, -0.05) is 58.5 Å². The molecule has 8 heteroatoms. The van der Waals surface area contributed by atoms with Crippen molar-refractivity contribution < 1.29 is 4.79 Å². The highest BCUT2D eigenvalue weighted by molar-refractivity contribution is 6.42. The van der Waals surface area contributed by atoms with Gasteiger partial charge < -0.3 is 4.40 Å². The molecule has 0 radical (unpaired) electrons. The highest BCUT2D eigenvalue weighted by Crippen LogP contribution is 2.36. The Bertz CT molecular complexity index is 1750. The summed E-state index contributed by atoms with van der Waals surface area (Å²) in [7, 11) is 0. The van der Waals surface area contributed by atoms with Gasteiger partial charge in [0.05, 0.1) is 32.3 Å². The minimum atomic E-state index is -0.161. The molecule has 166 valence electrons. The Kier molecular flexibility index (Phi) is 5.08. The summed E-state index contributed by atoms with van der Waals surface area (Å²) in [5.41, 5.74) is 5.31. The molecule has 4 nitrogen and oxygen atoms in total. The Morgan fingerprint density at radius 3 is 2.12 bits per heavy atom. The Morgan fingerprint density at radius 1 is 0.765 bits per heavy atom. The molecule has 34 heavy (non-hydrogen) atoms. The van der Waals surface area contributed by atoms with Crippen molar-refractivity contribution in [3.05, 3.63) is 110 Å². The quantitative estimate of drug-likeness (QED) is 0.218. The lowest BCUT2D eigenvalue weighted by molar-refractivity contribution is 0.103. The van der Waals surface area contributed by atoms with Gasteiger partial charge in [0.25, 0.3) is 0 Å². The third-order valence-corrected chi connectivity index (χ3v) is 7.03. The molecule has 6 rings (SSSR count). The van der Waals surface area contributed by atoms with E-state index < -0.39 is 0 Å². The largest absolute Gasteiger partial charge is 0.308 e. The molecule has 0 aliphatic heterocycles. The van der Waals surface area contributed by atoms with Crippen LogP contribution in [0.1, 0.15) is 16.1 Å². The molecule has 0 spiro atoms. The number of halogens is 4. The molecule has 3 heterocycles. The van der Waals surface area contributed by atoms with Crippen LogP contribution < -0.4 is 0 Å². The summed E-state index contributed by atoms with van der Waals surface area (Å²) < 4.78 is 3.82.